The van der Waals surface area contributed by atoms with Crippen LogP contribution in [-0.2, 0) is 24.1 Å². The number of carbonyl (C=O) groups is 1. The molecule has 0 unspecified atom stereocenters. The molecule has 3 N–H and O–H groups in total. The fourth-order valence-corrected chi connectivity index (χ4v) is 3.90. The second-order valence-corrected chi connectivity index (χ2v) is 9.57. The van der Waals surface area contributed by atoms with Crippen LogP contribution in [0.5, 0.6) is 0 Å². The molecule has 33 heavy (non-hydrogen) atoms. The van der Waals surface area contributed by atoms with Gasteiger partial charge in [-0.2, -0.15) is 0 Å². The van der Waals surface area contributed by atoms with Crippen LogP contribution in [-0.4, -0.2) is 58.1 Å². The van der Waals surface area contributed by atoms with Gasteiger partial charge in [-0.3, -0.25) is 4.99 Å². The first kappa shape index (κ1) is 29.4. The summed E-state index contributed by atoms with van der Waals surface area (Å²) in [4.78, 5) is 16.7. The minimum Gasteiger partial charge on any atom is -0.444 e. The van der Waals surface area contributed by atoms with Gasteiger partial charge in [0.1, 0.15) is 17.2 Å². The third-order valence-corrected chi connectivity index (χ3v) is 5.99. The van der Waals surface area contributed by atoms with Gasteiger partial charge in [0.25, 0.3) is 0 Å². The minimum absolute atomic E-state index is 0. The second kappa shape index (κ2) is 14.0. The number of amides is 1. The smallest absolute Gasteiger partial charge is 0.408 e. The highest BCUT2D eigenvalue weighted by molar-refractivity contribution is 14.0. The third kappa shape index (κ3) is 9.66. The number of guanidine groups is 1. The van der Waals surface area contributed by atoms with Crippen molar-refractivity contribution in [3.63, 3.8) is 0 Å². The van der Waals surface area contributed by atoms with Crippen LogP contribution in [0.1, 0.15) is 84.8 Å². The number of nitrogens with zero attached hydrogens (tertiary/aromatic N) is 4. The Bertz CT molecular complexity index is 754. The zero-order chi connectivity index (χ0) is 23.6. The lowest BCUT2D eigenvalue weighted by Crippen LogP contribution is -2.57. The number of rotatable bonds is 9. The number of alkyl carbamates (subject to hydrolysis) is 1. The predicted molar refractivity (Wildman–Crippen MR) is 143 cm³/mol. The normalized spacial score (nSPS) is 14.5. The average molecular weight is 578 g/mol. The maximum Gasteiger partial charge on any atom is 0.408 e. The SMILES string of the molecule is CCC(CC)(CNC(=NC)NCCCc1nnc2n1CCCCC2)NC(=O)OC(C)(C)C.I. The summed E-state index contributed by atoms with van der Waals surface area (Å²) >= 11 is 0. The zero-order valence-corrected chi connectivity index (χ0v) is 23.6. The van der Waals surface area contributed by atoms with E-state index in [2.05, 4.69) is 49.6 Å². The van der Waals surface area contributed by atoms with Gasteiger partial charge in [-0.25, -0.2) is 4.79 Å². The summed E-state index contributed by atoms with van der Waals surface area (Å²) in [6, 6.07) is 0. The highest BCUT2D eigenvalue weighted by atomic mass is 127. The standard InChI is InChI=1S/C23H43N7O2.HI/c1-7-23(8-2,27-21(31)32-22(3,4)5)17-26-20(24-6)25-15-12-14-19-29-28-18-13-10-9-11-16-30(18)19;/h7-17H2,1-6H3,(H,27,31)(H2,24,25,26);1H. The number of hydrogen-bond donors (Lipinski definition) is 3. The van der Waals surface area contributed by atoms with E-state index in [0.717, 1.165) is 62.8 Å². The summed E-state index contributed by atoms with van der Waals surface area (Å²) < 4.78 is 7.76. The van der Waals surface area contributed by atoms with Crippen molar-refractivity contribution in [2.24, 2.45) is 4.99 Å². The van der Waals surface area contributed by atoms with E-state index in [1.165, 1.54) is 19.3 Å². The summed E-state index contributed by atoms with van der Waals surface area (Å²) in [5.74, 6) is 2.95. The number of nitrogens with one attached hydrogen (secondary N) is 3. The fourth-order valence-electron chi connectivity index (χ4n) is 3.90. The van der Waals surface area contributed by atoms with Crippen LogP contribution in [0.4, 0.5) is 4.79 Å². The van der Waals surface area contributed by atoms with E-state index in [9.17, 15) is 4.79 Å². The largest absolute Gasteiger partial charge is 0.444 e. The molecule has 1 aliphatic heterocycles. The lowest BCUT2D eigenvalue weighted by Gasteiger charge is -2.34. The monoisotopic (exact) mass is 577 g/mol. The van der Waals surface area contributed by atoms with Gasteiger partial charge in [-0.05, 0) is 52.9 Å². The van der Waals surface area contributed by atoms with Gasteiger partial charge in [0.2, 0.25) is 0 Å². The van der Waals surface area contributed by atoms with Crippen molar-refractivity contribution in [1.29, 1.82) is 0 Å². The molecule has 9 nitrogen and oxygen atoms in total. The van der Waals surface area contributed by atoms with E-state index < -0.39 is 17.2 Å². The number of hydrogen-bond acceptors (Lipinski definition) is 5. The van der Waals surface area contributed by atoms with Crippen LogP contribution in [0.25, 0.3) is 0 Å². The van der Waals surface area contributed by atoms with Crippen molar-refractivity contribution in [1.82, 2.24) is 30.7 Å². The van der Waals surface area contributed by atoms with Crippen LogP contribution in [0.2, 0.25) is 0 Å². The third-order valence-electron chi connectivity index (χ3n) is 5.99. The van der Waals surface area contributed by atoms with E-state index in [0.29, 0.717) is 6.54 Å². The van der Waals surface area contributed by atoms with Crippen LogP contribution < -0.4 is 16.0 Å². The van der Waals surface area contributed by atoms with E-state index in [1.54, 1.807) is 7.05 Å². The van der Waals surface area contributed by atoms with E-state index in [1.807, 2.05) is 20.8 Å². The molecule has 2 rings (SSSR count). The van der Waals surface area contributed by atoms with E-state index >= 15 is 0 Å². The van der Waals surface area contributed by atoms with Crippen LogP contribution >= 0.6 is 24.0 Å². The second-order valence-electron chi connectivity index (χ2n) is 9.57. The molecule has 0 saturated carbocycles. The quantitative estimate of drug-likeness (QED) is 0.179. The Morgan fingerprint density at radius 1 is 1.12 bits per heavy atom. The van der Waals surface area contributed by atoms with Gasteiger partial charge in [-0.15, -0.1) is 34.2 Å². The predicted octanol–water partition coefficient (Wildman–Crippen LogP) is 3.80. The van der Waals surface area contributed by atoms with Gasteiger partial charge < -0.3 is 25.3 Å². The lowest BCUT2D eigenvalue weighted by molar-refractivity contribution is 0.0448. The Morgan fingerprint density at radius 2 is 1.85 bits per heavy atom. The van der Waals surface area contributed by atoms with Crippen molar-refractivity contribution in [2.75, 3.05) is 20.1 Å². The number of aryl methyl sites for hydroxylation is 2. The maximum absolute atomic E-state index is 12.3. The Morgan fingerprint density at radius 3 is 2.48 bits per heavy atom. The number of aromatic nitrogens is 3. The van der Waals surface area contributed by atoms with Gasteiger partial charge in [-0.1, -0.05) is 20.3 Å². The topological polar surface area (TPSA) is 105 Å². The molecule has 2 heterocycles. The average Bonchev–Trinajstić information content (AvgIpc) is 2.96. The van der Waals surface area contributed by atoms with E-state index in [-0.39, 0.29) is 24.0 Å². The van der Waals surface area contributed by atoms with Crippen molar-refractivity contribution >= 4 is 36.0 Å². The number of ether oxygens (including phenoxy) is 1. The molecule has 0 fully saturated rings. The number of halogens is 1. The molecule has 1 amide bonds. The van der Waals surface area contributed by atoms with Gasteiger partial charge in [0, 0.05) is 39.5 Å². The highest BCUT2D eigenvalue weighted by Crippen LogP contribution is 2.17. The molecule has 1 aromatic rings. The number of carbonyl (C=O) groups excluding carboxylic acids is 1. The molecule has 1 aromatic heterocycles. The minimum atomic E-state index is -0.523. The first-order valence-electron chi connectivity index (χ1n) is 12.1. The van der Waals surface area contributed by atoms with Crippen molar-refractivity contribution in [2.45, 2.75) is 104 Å². The first-order chi connectivity index (χ1) is 15.2. The van der Waals surface area contributed by atoms with Crippen LogP contribution in [0.15, 0.2) is 4.99 Å². The van der Waals surface area contributed by atoms with Crippen molar-refractivity contribution in [3.8, 4) is 0 Å². The molecule has 0 saturated heterocycles. The van der Waals surface area contributed by atoms with Crippen molar-refractivity contribution in [3.05, 3.63) is 11.6 Å². The van der Waals surface area contributed by atoms with Crippen LogP contribution in [0, 0.1) is 0 Å². The molecule has 10 heteroatoms. The Balaban J connectivity index is 0.00000544. The molecule has 0 bridgehead atoms. The van der Waals surface area contributed by atoms with Gasteiger partial charge >= 0.3 is 6.09 Å². The molecule has 0 aromatic carbocycles. The first-order valence-corrected chi connectivity index (χ1v) is 12.1. The Labute approximate surface area is 216 Å². The Kier molecular flexibility index (Phi) is 12.5. The van der Waals surface area contributed by atoms with Crippen molar-refractivity contribution < 1.29 is 9.53 Å². The summed E-state index contributed by atoms with van der Waals surface area (Å²) in [6.07, 6.45) is 7.74. The number of fused-ring (bicyclic) bond motifs is 1. The summed E-state index contributed by atoms with van der Waals surface area (Å²) in [7, 11) is 1.76. The molecule has 1 aliphatic rings. The summed E-state index contributed by atoms with van der Waals surface area (Å²) in [6.45, 7) is 12.1. The number of aliphatic imine (C=N–C) groups is 1. The molecule has 0 aliphatic carbocycles. The molecule has 0 spiro atoms. The fraction of sp³-hybridized carbons (Fsp3) is 0.826. The molecule has 0 atom stereocenters. The van der Waals surface area contributed by atoms with E-state index in [4.69, 9.17) is 4.74 Å². The highest BCUT2D eigenvalue weighted by Gasteiger charge is 2.30. The summed E-state index contributed by atoms with van der Waals surface area (Å²) in [5.41, 5.74) is -0.926. The van der Waals surface area contributed by atoms with Gasteiger partial charge in [0.05, 0.1) is 5.54 Å². The Hall–Kier alpha value is -1.59. The lowest BCUT2D eigenvalue weighted by atomic mass is 9.93. The molecule has 190 valence electrons. The zero-order valence-electron chi connectivity index (χ0n) is 21.3. The summed E-state index contributed by atoms with van der Waals surface area (Å²) in [5, 5.41) is 18.6. The molecular weight excluding hydrogens is 533 g/mol. The molecular formula is C23H44IN7O2. The molecule has 0 radical (unpaired) electrons. The maximum atomic E-state index is 12.3. The van der Waals surface area contributed by atoms with Gasteiger partial charge in [0.15, 0.2) is 5.96 Å². The van der Waals surface area contributed by atoms with Crippen LogP contribution in [0.3, 0.4) is 0 Å².